The van der Waals surface area contributed by atoms with Gasteiger partial charge < -0.3 is 14.9 Å². The summed E-state index contributed by atoms with van der Waals surface area (Å²) in [5.74, 6) is 0.292. The maximum Gasteiger partial charge on any atom is 0.265 e. The average Bonchev–Trinajstić information content (AvgIpc) is 3.10. The number of aromatic nitrogens is 1. The molecule has 0 atom stereocenters. The normalized spacial score (nSPS) is 14.4. The van der Waals surface area contributed by atoms with Crippen LogP contribution in [0.5, 0.6) is 5.75 Å². The molecule has 2 aromatic carbocycles. The van der Waals surface area contributed by atoms with Crippen molar-refractivity contribution in [2.24, 2.45) is 0 Å². The van der Waals surface area contributed by atoms with Crippen molar-refractivity contribution in [2.75, 3.05) is 31.1 Å². The Labute approximate surface area is 172 Å². The molecular weight excluding hydrogens is 394 g/mol. The van der Waals surface area contributed by atoms with Gasteiger partial charge in [0.1, 0.15) is 15.6 Å². The van der Waals surface area contributed by atoms with Crippen molar-refractivity contribution >= 4 is 34.5 Å². The number of piperazine rings is 1. The highest BCUT2D eigenvalue weighted by atomic mass is 35.5. The van der Waals surface area contributed by atoms with Crippen LogP contribution in [-0.2, 0) is 0 Å². The van der Waals surface area contributed by atoms with Crippen LogP contribution in [0.2, 0.25) is 5.02 Å². The molecule has 1 N–H and O–H groups in total. The second kappa shape index (κ2) is 7.81. The number of aromatic hydroxyl groups is 1. The number of rotatable bonds is 3. The molecule has 0 spiro atoms. The number of carbonyl (C=O) groups excluding carboxylic acids is 1. The molecule has 3 aromatic rings. The van der Waals surface area contributed by atoms with E-state index in [0.717, 1.165) is 22.0 Å². The molecule has 1 aliphatic rings. The number of halogens is 1. The minimum Gasteiger partial charge on any atom is -0.506 e. The first-order chi connectivity index (χ1) is 13.5. The summed E-state index contributed by atoms with van der Waals surface area (Å²) in [7, 11) is 0. The van der Waals surface area contributed by atoms with Gasteiger partial charge >= 0.3 is 0 Å². The Bertz CT molecular complexity index is 995. The van der Waals surface area contributed by atoms with E-state index in [-0.39, 0.29) is 11.7 Å². The molecular formula is C21H20ClN3O2S. The first-order valence-electron chi connectivity index (χ1n) is 9.08. The lowest BCUT2D eigenvalue weighted by molar-refractivity contribution is 0.0750. The Morgan fingerprint density at radius 2 is 1.75 bits per heavy atom. The zero-order valence-corrected chi connectivity index (χ0v) is 17.0. The van der Waals surface area contributed by atoms with Gasteiger partial charge in [-0.05, 0) is 31.2 Å². The first-order valence-corrected chi connectivity index (χ1v) is 10.3. The monoisotopic (exact) mass is 413 g/mol. The standard InChI is InChI=1S/C21H20ClN3O2S/c1-14-19(28-20(23-14)15-6-8-16(22)9-7-15)21(27)25-12-10-24(11-13-25)17-4-2-3-5-18(17)26/h2-9,26H,10-13H2,1H3. The molecule has 1 aliphatic heterocycles. The summed E-state index contributed by atoms with van der Waals surface area (Å²) >= 11 is 7.38. The van der Waals surface area contributed by atoms with Crippen LogP contribution in [0.3, 0.4) is 0 Å². The lowest BCUT2D eigenvalue weighted by Gasteiger charge is -2.36. The third-order valence-corrected chi connectivity index (χ3v) is 6.32. The molecule has 7 heteroatoms. The number of benzene rings is 2. The van der Waals surface area contributed by atoms with Crippen LogP contribution in [0.1, 0.15) is 15.4 Å². The smallest absolute Gasteiger partial charge is 0.265 e. The minimum atomic E-state index is 0.0205. The number of para-hydroxylation sites is 2. The lowest BCUT2D eigenvalue weighted by atomic mass is 10.2. The second-order valence-corrected chi connectivity index (χ2v) is 8.14. The fourth-order valence-electron chi connectivity index (χ4n) is 3.34. The highest BCUT2D eigenvalue weighted by Crippen LogP contribution is 2.31. The predicted molar refractivity (Wildman–Crippen MR) is 114 cm³/mol. The fraction of sp³-hybridized carbons (Fsp3) is 0.238. The summed E-state index contributed by atoms with van der Waals surface area (Å²) < 4.78 is 0. The van der Waals surface area contributed by atoms with Crippen molar-refractivity contribution in [1.82, 2.24) is 9.88 Å². The van der Waals surface area contributed by atoms with Gasteiger partial charge in [-0.3, -0.25) is 4.79 Å². The molecule has 28 heavy (non-hydrogen) atoms. The number of thiazole rings is 1. The van der Waals surface area contributed by atoms with Gasteiger partial charge in [0.15, 0.2) is 0 Å². The number of phenolic OH excluding ortho intramolecular Hbond substituents is 1. The van der Waals surface area contributed by atoms with Gasteiger partial charge in [-0.25, -0.2) is 4.98 Å². The van der Waals surface area contributed by atoms with Gasteiger partial charge in [-0.1, -0.05) is 35.9 Å². The molecule has 1 amide bonds. The molecule has 0 saturated carbocycles. The van der Waals surface area contributed by atoms with Gasteiger partial charge in [0.2, 0.25) is 0 Å². The Morgan fingerprint density at radius 1 is 1.07 bits per heavy atom. The van der Waals surface area contributed by atoms with Gasteiger partial charge in [0.25, 0.3) is 5.91 Å². The summed E-state index contributed by atoms with van der Waals surface area (Å²) in [5, 5.41) is 11.5. The average molecular weight is 414 g/mol. The molecule has 0 radical (unpaired) electrons. The van der Waals surface area contributed by atoms with Crippen LogP contribution < -0.4 is 4.90 Å². The Balaban J connectivity index is 1.47. The minimum absolute atomic E-state index is 0.0205. The fourth-order valence-corrected chi connectivity index (χ4v) is 4.50. The van der Waals surface area contributed by atoms with E-state index >= 15 is 0 Å². The van der Waals surface area contributed by atoms with E-state index in [2.05, 4.69) is 9.88 Å². The summed E-state index contributed by atoms with van der Waals surface area (Å²) in [6, 6.07) is 14.8. The number of hydrogen-bond donors (Lipinski definition) is 1. The summed E-state index contributed by atoms with van der Waals surface area (Å²) in [4.78, 5) is 22.3. The molecule has 5 nitrogen and oxygen atoms in total. The predicted octanol–water partition coefficient (Wildman–Crippen LogP) is 4.44. The third kappa shape index (κ3) is 3.70. The van der Waals surface area contributed by atoms with E-state index in [9.17, 15) is 9.90 Å². The van der Waals surface area contributed by atoms with E-state index in [1.54, 1.807) is 6.07 Å². The van der Waals surface area contributed by atoms with E-state index in [4.69, 9.17) is 11.6 Å². The summed E-state index contributed by atoms with van der Waals surface area (Å²) in [6.45, 7) is 4.47. The molecule has 144 valence electrons. The number of carbonyl (C=O) groups is 1. The largest absolute Gasteiger partial charge is 0.506 e. The quantitative estimate of drug-likeness (QED) is 0.689. The van der Waals surface area contributed by atoms with Crippen LogP contribution >= 0.6 is 22.9 Å². The van der Waals surface area contributed by atoms with E-state index in [1.165, 1.54) is 11.3 Å². The van der Waals surface area contributed by atoms with Crippen LogP contribution in [-0.4, -0.2) is 47.1 Å². The van der Waals surface area contributed by atoms with Gasteiger partial charge in [0.05, 0.1) is 11.4 Å². The van der Waals surface area contributed by atoms with Gasteiger partial charge in [-0.15, -0.1) is 11.3 Å². The van der Waals surface area contributed by atoms with Crippen LogP contribution in [0.4, 0.5) is 5.69 Å². The van der Waals surface area contributed by atoms with Gasteiger partial charge in [-0.2, -0.15) is 0 Å². The van der Waals surface area contributed by atoms with Crippen molar-refractivity contribution in [3.8, 4) is 16.3 Å². The highest BCUT2D eigenvalue weighted by Gasteiger charge is 2.26. The number of hydrogen-bond acceptors (Lipinski definition) is 5. The molecule has 1 saturated heterocycles. The number of aryl methyl sites for hydroxylation is 1. The van der Waals surface area contributed by atoms with E-state index in [1.807, 2.05) is 54.3 Å². The van der Waals surface area contributed by atoms with E-state index in [0.29, 0.717) is 36.1 Å². The summed E-state index contributed by atoms with van der Waals surface area (Å²) in [5.41, 5.74) is 2.53. The van der Waals surface area contributed by atoms with Crippen molar-refractivity contribution < 1.29 is 9.90 Å². The molecule has 0 aliphatic carbocycles. The van der Waals surface area contributed by atoms with Crippen LogP contribution in [0, 0.1) is 6.92 Å². The molecule has 0 bridgehead atoms. The van der Waals surface area contributed by atoms with Gasteiger partial charge in [0, 0.05) is 36.8 Å². The molecule has 1 fully saturated rings. The first kappa shape index (κ1) is 18.8. The maximum atomic E-state index is 13.0. The molecule has 0 unspecified atom stereocenters. The van der Waals surface area contributed by atoms with Crippen molar-refractivity contribution in [1.29, 1.82) is 0 Å². The molecule has 1 aromatic heterocycles. The number of nitrogens with zero attached hydrogens (tertiary/aromatic N) is 3. The molecule has 2 heterocycles. The number of phenols is 1. The maximum absolute atomic E-state index is 13.0. The Hall–Kier alpha value is -2.57. The van der Waals surface area contributed by atoms with Crippen LogP contribution in [0.25, 0.3) is 10.6 Å². The van der Waals surface area contributed by atoms with E-state index < -0.39 is 0 Å². The topological polar surface area (TPSA) is 56.7 Å². The number of anilines is 1. The second-order valence-electron chi connectivity index (χ2n) is 6.71. The Morgan fingerprint density at radius 3 is 2.43 bits per heavy atom. The SMILES string of the molecule is Cc1nc(-c2ccc(Cl)cc2)sc1C(=O)N1CCN(c2ccccc2O)CC1. The molecule has 4 rings (SSSR count). The highest BCUT2D eigenvalue weighted by molar-refractivity contribution is 7.17. The zero-order valence-electron chi connectivity index (χ0n) is 15.4. The lowest BCUT2D eigenvalue weighted by Crippen LogP contribution is -2.48. The Kier molecular flexibility index (Phi) is 5.24. The van der Waals surface area contributed by atoms with Crippen molar-refractivity contribution in [3.05, 3.63) is 64.1 Å². The van der Waals surface area contributed by atoms with Crippen LogP contribution in [0.15, 0.2) is 48.5 Å². The summed E-state index contributed by atoms with van der Waals surface area (Å²) in [6.07, 6.45) is 0. The third-order valence-electron chi connectivity index (χ3n) is 4.87. The van der Waals surface area contributed by atoms with Crippen molar-refractivity contribution in [2.45, 2.75) is 6.92 Å². The van der Waals surface area contributed by atoms with Crippen molar-refractivity contribution in [3.63, 3.8) is 0 Å². The number of amides is 1. The zero-order chi connectivity index (χ0) is 19.7.